The first-order valence-electron chi connectivity index (χ1n) is 15.8. The largest absolute Gasteiger partial charge is 0.255 e. The summed E-state index contributed by atoms with van der Waals surface area (Å²) in [6.45, 7) is 0. The first kappa shape index (κ1) is 27.6. The van der Waals surface area contributed by atoms with Crippen LogP contribution in [0.15, 0.2) is 158 Å². The average Bonchev–Trinajstić information content (AvgIpc) is 3.18. The molecule has 0 bridgehead atoms. The Morgan fingerprint density at radius 2 is 0.958 bits per heavy atom. The van der Waals surface area contributed by atoms with Crippen molar-refractivity contribution in [3.8, 4) is 56.5 Å². The van der Waals surface area contributed by atoms with Gasteiger partial charge in [-0.1, -0.05) is 91.0 Å². The van der Waals surface area contributed by atoms with Crippen molar-refractivity contribution >= 4 is 32.7 Å². The molecule has 0 saturated carbocycles. The van der Waals surface area contributed by atoms with Crippen LogP contribution in [-0.2, 0) is 0 Å². The van der Waals surface area contributed by atoms with Gasteiger partial charge in [0.15, 0.2) is 5.82 Å². The van der Waals surface area contributed by atoms with Crippen LogP contribution in [0.25, 0.3) is 89.3 Å². The molecule has 6 heteroatoms. The minimum absolute atomic E-state index is 0.568. The number of rotatable bonds is 5. The van der Waals surface area contributed by atoms with Crippen LogP contribution in [0, 0.1) is 0 Å². The van der Waals surface area contributed by atoms with E-state index in [9.17, 15) is 0 Å². The van der Waals surface area contributed by atoms with Crippen molar-refractivity contribution in [1.29, 1.82) is 0 Å². The Hall–Kier alpha value is -6.66. The van der Waals surface area contributed by atoms with Crippen LogP contribution < -0.4 is 0 Å². The second kappa shape index (κ2) is 11.6. The second-order valence-electron chi connectivity index (χ2n) is 11.6. The molecule has 0 aliphatic carbocycles. The maximum atomic E-state index is 5.19. The maximum Gasteiger partial charge on any atom is 0.179 e. The predicted molar refractivity (Wildman–Crippen MR) is 193 cm³/mol. The lowest BCUT2D eigenvalue weighted by molar-refractivity contribution is 1.16. The molecule has 0 spiro atoms. The van der Waals surface area contributed by atoms with Gasteiger partial charge >= 0.3 is 0 Å². The van der Waals surface area contributed by atoms with Gasteiger partial charge in [-0.25, -0.2) is 19.9 Å². The molecule has 0 unspecified atom stereocenters. The predicted octanol–water partition coefficient (Wildman–Crippen LogP) is 9.85. The molecule has 0 aliphatic heterocycles. The summed E-state index contributed by atoms with van der Waals surface area (Å²) in [4.78, 5) is 29.3. The number of aromatic nitrogens is 6. The molecular weight excluding hydrogens is 589 g/mol. The van der Waals surface area contributed by atoms with Crippen LogP contribution in [-0.4, -0.2) is 29.9 Å². The normalized spacial score (nSPS) is 11.3. The molecule has 0 atom stereocenters. The number of hydrogen-bond donors (Lipinski definition) is 0. The van der Waals surface area contributed by atoms with Gasteiger partial charge in [0, 0.05) is 39.7 Å². The Kier molecular flexibility index (Phi) is 6.68. The third kappa shape index (κ3) is 5.02. The van der Waals surface area contributed by atoms with Crippen LogP contribution >= 0.6 is 0 Å². The molecule has 0 amide bonds. The van der Waals surface area contributed by atoms with Gasteiger partial charge in [0.05, 0.1) is 33.6 Å². The van der Waals surface area contributed by atoms with Crippen LogP contribution in [0.5, 0.6) is 0 Å². The zero-order valence-electron chi connectivity index (χ0n) is 25.7. The standard InChI is InChI=1S/C42H26N6/c1-2-9-27(10-3-1)34-20-17-28-15-16-29-18-21-35(46-40(29)39(28)45-34)32-12-8-11-30(25-32)31-19-22-36-33(26-31)41(37-13-4-6-23-43-37)48-42(47-36)38-14-5-7-24-44-38/h1-26H. The molecule has 9 rings (SSSR count). The van der Waals surface area contributed by atoms with Crippen molar-refractivity contribution in [2.75, 3.05) is 0 Å². The molecule has 0 fully saturated rings. The second-order valence-corrected chi connectivity index (χ2v) is 11.6. The van der Waals surface area contributed by atoms with Crippen molar-refractivity contribution in [3.63, 3.8) is 0 Å². The molecule has 224 valence electrons. The summed E-state index contributed by atoms with van der Waals surface area (Å²) in [5.41, 5.74) is 10.9. The third-order valence-electron chi connectivity index (χ3n) is 8.58. The van der Waals surface area contributed by atoms with Gasteiger partial charge < -0.3 is 0 Å². The van der Waals surface area contributed by atoms with Gasteiger partial charge in [0.1, 0.15) is 11.4 Å². The lowest BCUT2D eigenvalue weighted by Gasteiger charge is -2.11. The van der Waals surface area contributed by atoms with Gasteiger partial charge in [0.25, 0.3) is 0 Å². The van der Waals surface area contributed by atoms with Crippen LogP contribution in [0.1, 0.15) is 0 Å². The number of nitrogens with zero attached hydrogens (tertiary/aromatic N) is 6. The van der Waals surface area contributed by atoms with E-state index in [2.05, 4.69) is 94.9 Å². The molecule has 9 aromatic rings. The summed E-state index contributed by atoms with van der Waals surface area (Å²) < 4.78 is 0. The Balaban J connectivity index is 1.15. The number of hydrogen-bond acceptors (Lipinski definition) is 6. The van der Waals surface area contributed by atoms with E-state index < -0.39 is 0 Å². The highest BCUT2D eigenvalue weighted by Crippen LogP contribution is 2.34. The van der Waals surface area contributed by atoms with E-state index in [1.54, 1.807) is 12.4 Å². The molecule has 48 heavy (non-hydrogen) atoms. The smallest absolute Gasteiger partial charge is 0.179 e. The van der Waals surface area contributed by atoms with E-state index in [4.69, 9.17) is 19.9 Å². The van der Waals surface area contributed by atoms with E-state index in [1.165, 1.54) is 0 Å². The number of benzene rings is 4. The Labute approximate surface area is 276 Å². The summed E-state index contributed by atoms with van der Waals surface area (Å²) in [5.74, 6) is 0.568. The van der Waals surface area contributed by atoms with Gasteiger partial charge in [0.2, 0.25) is 0 Å². The van der Waals surface area contributed by atoms with Crippen molar-refractivity contribution in [2.45, 2.75) is 0 Å². The molecular formula is C42H26N6. The first-order valence-corrected chi connectivity index (χ1v) is 15.8. The summed E-state index contributed by atoms with van der Waals surface area (Å²) in [5, 5.41) is 3.04. The fraction of sp³-hybridized carbons (Fsp3) is 0. The molecule has 6 nitrogen and oxygen atoms in total. The molecule has 0 N–H and O–H groups in total. The van der Waals surface area contributed by atoms with Gasteiger partial charge in [-0.15, -0.1) is 0 Å². The maximum absolute atomic E-state index is 5.19. The van der Waals surface area contributed by atoms with E-state index in [1.807, 2.05) is 60.7 Å². The molecule has 5 heterocycles. The lowest BCUT2D eigenvalue weighted by atomic mass is 9.98. The summed E-state index contributed by atoms with van der Waals surface area (Å²) in [6, 6.07) is 49.3. The summed E-state index contributed by atoms with van der Waals surface area (Å²) in [7, 11) is 0. The molecule has 5 aromatic heterocycles. The molecule has 0 radical (unpaired) electrons. The third-order valence-corrected chi connectivity index (χ3v) is 8.58. The van der Waals surface area contributed by atoms with Gasteiger partial charge in [-0.3, -0.25) is 9.97 Å². The van der Waals surface area contributed by atoms with Crippen LogP contribution in [0.2, 0.25) is 0 Å². The monoisotopic (exact) mass is 614 g/mol. The van der Waals surface area contributed by atoms with Crippen molar-refractivity contribution in [2.24, 2.45) is 0 Å². The molecule has 0 aliphatic rings. The fourth-order valence-electron chi connectivity index (χ4n) is 6.17. The molecule has 0 saturated heterocycles. The first-order chi connectivity index (χ1) is 23.8. The van der Waals surface area contributed by atoms with Crippen LogP contribution in [0.3, 0.4) is 0 Å². The van der Waals surface area contributed by atoms with E-state index in [-0.39, 0.29) is 0 Å². The number of pyridine rings is 4. The fourth-order valence-corrected chi connectivity index (χ4v) is 6.17. The number of fused-ring (bicyclic) bond motifs is 4. The Morgan fingerprint density at radius 3 is 1.67 bits per heavy atom. The van der Waals surface area contributed by atoms with E-state index >= 15 is 0 Å². The highest BCUT2D eigenvalue weighted by atomic mass is 14.9. The average molecular weight is 615 g/mol. The quantitative estimate of drug-likeness (QED) is 0.180. The zero-order chi connectivity index (χ0) is 31.9. The SMILES string of the molecule is c1ccc(-c2ccc3ccc4ccc(-c5cccc(-c6ccc7nc(-c8ccccn8)nc(-c8ccccn8)c7c6)c5)nc4c3n2)cc1. The highest BCUT2D eigenvalue weighted by molar-refractivity contribution is 6.04. The minimum Gasteiger partial charge on any atom is -0.255 e. The topological polar surface area (TPSA) is 77.3 Å². The van der Waals surface area contributed by atoms with Crippen molar-refractivity contribution in [1.82, 2.24) is 29.9 Å². The highest BCUT2D eigenvalue weighted by Gasteiger charge is 2.15. The Morgan fingerprint density at radius 1 is 0.354 bits per heavy atom. The van der Waals surface area contributed by atoms with Gasteiger partial charge in [-0.05, 0) is 65.7 Å². The summed E-state index contributed by atoms with van der Waals surface area (Å²) in [6.07, 6.45) is 3.54. The molecule has 4 aromatic carbocycles. The lowest BCUT2D eigenvalue weighted by Crippen LogP contribution is -1.97. The van der Waals surface area contributed by atoms with E-state index in [0.717, 1.165) is 83.4 Å². The van der Waals surface area contributed by atoms with Gasteiger partial charge in [-0.2, -0.15) is 0 Å². The van der Waals surface area contributed by atoms with Crippen molar-refractivity contribution in [3.05, 3.63) is 158 Å². The van der Waals surface area contributed by atoms with Crippen LogP contribution in [0.4, 0.5) is 0 Å². The minimum atomic E-state index is 0.568. The summed E-state index contributed by atoms with van der Waals surface area (Å²) >= 11 is 0. The zero-order valence-corrected chi connectivity index (χ0v) is 25.7. The Bertz CT molecular complexity index is 2610. The van der Waals surface area contributed by atoms with Crippen molar-refractivity contribution < 1.29 is 0 Å². The van der Waals surface area contributed by atoms with E-state index in [0.29, 0.717) is 5.82 Å².